The van der Waals surface area contributed by atoms with Crippen molar-refractivity contribution in [2.24, 2.45) is 0 Å². The summed E-state index contributed by atoms with van der Waals surface area (Å²) in [6, 6.07) is 4.43. The maximum absolute atomic E-state index is 13.7. The third-order valence-corrected chi connectivity index (χ3v) is 3.17. The van der Waals surface area contributed by atoms with E-state index in [0.29, 0.717) is 27.9 Å². The zero-order chi connectivity index (χ0) is 14.0. The SMILES string of the molecule is CCc1noc(C)c1C(=O)Nc1ccc(Br)cc1F. The van der Waals surface area contributed by atoms with E-state index in [1.807, 2.05) is 6.92 Å². The van der Waals surface area contributed by atoms with Crippen molar-refractivity contribution in [2.75, 3.05) is 5.32 Å². The summed E-state index contributed by atoms with van der Waals surface area (Å²) in [5, 5.41) is 6.32. The van der Waals surface area contributed by atoms with Crippen molar-refractivity contribution in [3.05, 3.63) is 45.5 Å². The maximum atomic E-state index is 13.7. The smallest absolute Gasteiger partial charge is 0.261 e. The maximum Gasteiger partial charge on any atom is 0.261 e. The van der Waals surface area contributed by atoms with Crippen LogP contribution in [0, 0.1) is 12.7 Å². The van der Waals surface area contributed by atoms with Crippen LogP contribution >= 0.6 is 15.9 Å². The Labute approximate surface area is 118 Å². The highest BCUT2D eigenvalue weighted by Crippen LogP contribution is 2.21. The van der Waals surface area contributed by atoms with Gasteiger partial charge in [-0.15, -0.1) is 0 Å². The van der Waals surface area contributed by atoms with E-state index < -0.39 is 11.7 Å². The molecule has 1 aromatic heterocycles. The fourth-order valence-electron chi connectivity index (χ4n) is 1.73. The highest BCUT2D eigenvalue weighted by atomic mass is 79.9. The predicted octanol–water partition coefficient (Wildman–Crippen LogP) is 3.70. The third-order valence-electron chi connectivity index (χ3n) is 2.67. The number of nitrogens with zero attached hydrogens (tertiary/aromatic N) is 1. The molecule has 0 saturated heterocycles. The van der Waals surface area contributed by atoms with Crippen molar-refractivity contribution in [3.63, 3.8) is 0 Å². The van der Waals surface area contributed by atoms with E-state index in [2.05, 4.69) is 26.4 Å². The molecule has 0 radical (unpaired) electrons. The summed E-state index contributed by atoms with van der Waals surface area (Å²) in [5.41, 5.74) is 1.05. The summed E-state index contributed by atoms with van der Waals surface area (Å²) in [5.74, 6) is -0.501. The molecular formula is C13H12BrFN2O2. The van der Waals surface area contributed by atoms with Crippen molar-refractivity contribution in [3.8, 4) is 0 Å². The topological polar surface area (TPSA) is 55.1 Å². The highest BCUT2D eigenvalue weighted by molar-refractivity contribution is 9.10. The molecule has 0 fully saturated rings. The van der Waals surface area contributed by atoms with Gasteiger partial charge in [0, 0.05) is 4.47 Å². The van der Waals surface area contributed by atoms with Gasteiger partial charge in [-0.25, -0.2) is 4.39 Å². The highest BCUT2D eigenvalue weighted by Gasteiger charge is 2.20. The van der Waals surface area contributed by atoms with E-state index in [9.17, 15) is 9.18 Å². The molecule has 0 spiro atoms. The molecule has 1 aromatic carbocycles. The number of hydrogen-bond acceptors (Lipinski definition) is 3. The Balaban J connectivity index is 2.28. The van der Waals surface area contributed by atoms with Crippen LogP contribution in [-0.4, -0.2) is 11.1 Å². The number of aryl methyl sites for hydroxylation is 2. The van der Waals surface area contributed by atoms with Crippen molar-refractivity contribution in [2.45, 2.75) is 20.3 Å². The minimum atomic E-state index is -0.505. The molecule has 0 atom stereocenters. The number of aromatic nitrogens is 1. The Bertz CT molecular complexity index is 625. The van der Waals surface area contributed by atoms with E-state index in [1.54, 1.807) is 13.0 Å². The second kappa shape index (κ2) is 5.52. The van der Waals surface area contributed by atoms with Crippen LogP contribution in [0.2, 0.25) is 0 Å². The Morgan fingerprint density at radius 1 is 1.53 bits per heavy atom. The summed E-state index contributed by atoms with van der Waals surface area (Å²) >= 11 is 3.16. The number of nitrogens with one attached hydrogen (secondary N) is 1. The van der Waals surface area contributed by atoms with E-state index >= 15 is 0 Å². The lowest BCUT2D eigenvalue weighted by Crippen LogP contribution is -2.15. The summed E-state index contributed by atoms with van der Waals surface area (Å²) in [6.07, 6.45) is 0.572. The van der Waals surface area contributed by atoms with Crippen LogP contribution in [0.3, 0.4) is 0 Å². The summed E-state index contributed by atoms with van der Waals surface area (Å²) in [7, 11) is 0. The van der Waals surface area contributed by atoms with Crippen molar-refractivity contribution in [1.29, 1.82) is 0 Å². The van der Waals surface area contributed by atoms with Gasteiger partial charge in [0.05, 0.1) is 11.4 Å². The lowest BCUT2D eigenvalue weighted by molar-refractivity contribution is 0.102. The monoisotopic (exact) mass is 326 g/mol. The molecule has 1 heterocycles. The number of benzene rings is 1. The van der Waals surface area contributed by atoms with Crippen LogP contribution in [0.5, 0.6) is 0 Å². The average molecular weight is 327 g/mol. The molecule has 1 N–H and O–H groups in total. The number of carbonyl (C=O) groups is 1. The number of carbonyl (C=O) groups excluding carboxylic acids is 1. The molecule has 0 saturated carbocycles. The minimum Gasteiger partial charge on any atom is -0.361 e. The molecule has 2 rings (SSSR count). The Morgan fingerprint density at radius 3 is 2.89 bits per heavy atom. The molecule has 1 amide bonds. The second-order valence-corrected chi connectivity index (χ2v) is 4.91. The van der Waals surface area contributed by atoms with Gasteiger partial charge < -0.3 is 9.84 Å². The normalized spacial score (nSPS) is 10.5. The molecule has 100 valence electrons. The quantitative estimate of drug-likeness (QED) is 0.935. The van der Waals surface area contributed by atoms with Gasteiger partial charge in [0.2, 0.25) is 0 Å². The molecule has 0 bridgehead atoms. The molecule has 0 aliphatic rings. The second-order valence-electron chi connectivity index (χ2n) is 3.99. The number of amides is 1. The largest absolute Gasteiger partial charge is 0.361 e. The van der Waals surface area contributed by atoms with Crippen LogP contribution in [0.1, 0.15) is 28.7 Å². The first kappa shape index (κ1) is 13.7. The zero-order valence-corrected chi connectivity index (χ0v) is 12.0. The first-order valence-electron chi connectivity index (χ1n) is 5.74. The van der Waals surface area contributed by atoms with E-state index in [4.69, 9.17) is 4.52 Å². The molecule has 19 heavy (non-hydrogen) atoms. The lowest BCUT2D eigenvalue weighted by atomic mass is 10.1. The van der Waals surface area contributed by atoms with Crippen LogP contribution in [0.4, 0.5) is 10.1 Å². The van der Waals surface area contributed by atoms with Gasteiger partial charge in [-0.3, -0.25) is 4.79 Å². The lowest BCUT2D eigenvalue weighted by Gasteiger charge is -2.06. The minimum absolute atomic E-state index is 0.121. The third kappa shape index (κ3) is 2.84. The van der Waals surface area contributed by atoms with Crippen molar-refractivity contribution >= 4 is 27.5 Å². The number of halogens is 2. The van der Waals surface area contributed by atoms with Gasteiger partial charge in [-0.1, -0.05) is 28.0 Å². The van der Waals surface area contributed by atoms with Crippen LogP contribution in [0.25, 0.3) is 0 Å². The molecule has 2 aromatic rings. The van der Waals surface area contributed by atoms with Gasteiger partial charge in [0.25, 0.3) is 5.91 Å². The average Bonchev–Trinajstić information content (AvgIpc) is 2.74. The Kier molecular flexibility index (Phi) is 3.99. The van der Waals surface area contributed by atoms with Crippen LogP contribution in [-0.2, 0) is 6.42 Å². The molecule has 0 unspecified atom stereocenters. The number of hydrogen-bond donors (Lipinski definition) is 1. The summed E-state index contributed by atoms with van der Waals surface area (Å²) in [4.78, 5) is 12.1. The van der Waals surface area contributed by atoms with Gasteiger partial charge in [0.15, 0.2) is 0 Å². The molecular weight excluding hydrogens is 315 g/mol. The van der Waals surface area contributed by atoms with Gasteiger partial charge >= 0.3 is 0 Å². The number of anilines is 1. The summed E-state index contributed by atoms with van der Waals surface area (Å²) in [6.45, 7) is 3.52. The predicted molar refractivity (Wildman–Crippen MR) is 72.7 cm³/mol. The van der Waals surface area contributed by atoms with Gasteiger partial charge in [-0.05, 0) is 31.5 Å². The molecule has 6 heteroatoms. The zero-order valence-electron chi connectivity index (χ0n) is 10.5. The summed E-state index contributed by atoms with van der Waals surface area (Å²) < 4.78 is 19.2. The van der Waals surface area contributed by atoms with E-state index in [-0.39, 0.29) is 5.69 Å². The molecule has 4 nitrogen and oxygen atoms in total. The molecule has 0 aliphatic heterocycles. The first-order valence-corrected chi connectivity index (χ1v) is 6.53. The van der Waals surface area contributed by atoms with E-state index in [1.165, 1.54) is 12.1 Å². The standard InChI is InChI=1S/C13H12BrFN2O2/c1-3-10-12(7(2)19-17-10)13(18)16-11-5-4-8(14)6-9(11)15/h4-6H,3H2,1-2H3,(H,16,18). The van der Waals surface area contributed by atoms with E-state index in [0.717, 1.165) is 0 Å². The fraction of sp³-hybridized carbons (Fsp3) is 0.231. The Hall–Kier alpha value is -1.69. The van der Waals surface area contributed by atoms with Crippen molar-refractivity contribution in [1.82, 2.24) is 5.16 Å². The van der Waals surface area contributed by atoms with Gasteiger partial charge in [-0.2, -0.15) is 0 Å². The fourth-order valence-corrected chi connectivity index (χ4v) is 2.06. The Morgan fingerprint density at radius 2 is 2.26 bits per heavy atom. The number of rotatable bonds is 3. The van der Waals surface area contributed by atoms with Crippen LogP contribution < -0.4 is 5.32 Å². The first-order chi connectivity index (χ1) is 9.02. The van der Waals surface area contributed by atoms with Crippen LogP contribution in [0.15, 0.2) is 27.2 Å². The molecule has 0 aliphatic carbocycles. The van der Waals surface area contributed by atoms with Gasteiger partial charge in [0.1, 0.15) is 17.1 Å². The van der Waals surface area contributed by atoms with Crippen molar-refractivity contribution < 1.29 is 13.7 Å².